The number of anilines is 1. The van der Waals surface area contributed by atoms with E-state index in [9.17, 15) is 4.79 Å². The molecular formula is C23H21N3O3. The Kier molecular flexibility index (Phi) is 5.42. The normalized spacial score (nSPS) is 10.7. The van der Waals surface area contributed by atoms with E-state index in [0.29, 0.717) is 24.6 Å². The summed E-state index contributed by atoms with van der Waals surface area (Å²) in [5.41, 5.74) is 1.80. The van der Waals surface area contributed by atoms with Crippen LogP contribution in [0.25, 0.3) is 0 Å². The number of hydrogen-bond donors (Lipinski definition) is 0. The summed E-state index contributed by atoms with van der Waals surface area (Å²) in [4.78, 5) is 15.0. The second-order valence-electron chi connectivity index (χ2n) is 6.54. The molecular weight excluding hydrogens is 366 g/mol. The lowest BCUT2D eigenvalue weighted by atomic mass is 10.2. The Morgan fingerprint density at radius 1 is 1.03 bits per heavy atom. The summed E-state index contributed by atoms with van der Waals surface area (Å²) in [5, 5.41) is 4.17. The fourth-order valence-corrected chi connectivity index (χ4v) is 3.07. The quantitative estimate of drug-likeness (QED) is 0.472. The minimum Gasteiger partial charge on any atom is -0.497 e. The summed E-state index contributed by atoms with van der Waals surface area (Å²) in [6.07, 6.45) is 3.56. The van der Waals surface area contributed by atoms with Crippen molar-refractivity contribution in [2.75, 3.05) is 12.0 Å². The van der Waals surface area contributed by atoms with Crippen LogP contribution in [0, 0.1) is 0 Å². The smallest absolute Gasteiger partial charge is 0.294 e. The first-order valence-electron chi connectivity index (χ1n) is 9.29. The molecule has 0 unspecified atom stereocenters. The van der Waals surface area contributed by atoms with E-state index in [1.165, 1.54) is 0 Å². The monoisotopic (exact) mass is 387 g/mol. The van der Waals surface area contributed by atoms with Gasteiger partial charge in [-0.3, -0.25) is 9.48 Å². The Morgan fingerprint density at radius 2 is 1.83 bits per heavy atom. The molecule has 2 heterocycles. The molecule has 6 heteroatoms. The van der Waals surface area contributed by atoms with Crippen molar-refractivity contribution in [1.82, 2.24) is 9.78 Å². The molecule has 0 aliphatic rings. The number of amides is 1. The van der Waals surface area contributed by atoms with E-state index < -0.39 is 0 Å². The molecule has 4 aromatic rings. The van der Waals surface area contributed by atoms with E-state index in [-0.39, 0.29) is 5.91 Å². The predicted octanol–water partition coefficient (Wildman–Crippen LogP) is 4.38. The fraction of sp³-hybridized carbons (Fsp3) is 0.130. The van der Waals surface area contributed by atoms with Crippen molar-refractivity contribution in [3.05, 3.63) is 102 Å². The van der Waals surface area contributed by atoms with Crippen molar-refractivity contribution in [3.63, 3.8) is 0 Å². The van der Waals surface area contributed by atoms with Gasteiger partial charge in [-0.25, -0.2) is 0 Å². The molecule has 0 radical (unpaired) electrons. The second-order valence-corrected chi connectivity index (χ2v) is 6.54. The molecule has 0 saturated carbocycles. The lowest BCUT2D eigenvalue weighted by Gasteiger charge is -2.22. The van der Waals surface area contributed by atoms with Crippen LogP contribution in [0.2, 0.25) is 0 Å². The van der Waals surface area contributed by atoms with E-state index in [0.717, 1.165) is 17.0 Å². The van der Waals surface area contributed by atoms with Gasteiger partial charge < -0.3 is 14.1 Å². The molecule has 6 nitrogen and oxygen atoms in total. The number of carbonyl (C=O) groups is 1. The number of carbonyl (C=O) groups excluding carboxylic acids is 1. The van der Waals surface area contributed by atoms with Gasteiger partial charge >= 0.3 is 0 Å². The number of benzene rings is 2. The number of aromatic nitrogens is 2. The molecule has 0 atom stereocenters. The van der Waals surface area contributed by atoms with Crippen LogP contribution >= 0.6 is 0 Å². The van der Waals surface area contributed by atoms with Crippen LogP contribution in [-0.4, -0.2) is 22.8 Å². The Labute approximate surface area is 168 Å². The maximum Gasteiger partial charge on any atom is 0.294 e. The molecule has 0 aliphatic carbocycles. The number of methoxy groups -OCH3 is 1. The van der Waals surface area contributed by atoms with Gasteiger partial charge in [0.1, 0.15) is 11.5 Å². The summed E-state index contributed by atoms with van der Waals surface area (Å²) in [6, 6.07) is 22.6. The maximum absolute atomic E-state index is 13.3. The van der Waals surface area contributed by atoms with Crippen molar-refractivity contribution >= 4 is 11.6 Å². The third-order valence-corrected chi connectivity index (χ3v) is 4.56. The fourth-order valence-electron chi connectivity index (χ4n) is 3.07. The van der Waals surface area contributed by atoms with Gasteiger partial charge in [-0.2, -0.15) is 5.10 Å². The number of nitrogens with zero attached hydrogens (tertiary/aromatic N) is 3. The third-order valence-electron chi connectivity index (χ3n) is 4.56. The Bertz CT molecular complexity index is 1050. The molecule has 0 N–H and O–H groups in total. The first kappa shape index (κ1) is 18.6. The van der Waals surface area contributed by atoms with Crippen LogP contribution in [0.1, 0.15) is 21.9 Å². The van der Waals surface area contributed by atoms with E-state index >= 15 is 0 Å². The van der Waals surface area contributed by atoms with Gasteiger partial charge in [-0.1, -0.05) is 30.3 Å². The highest BCUT2D eigenvalue weighted by Crippen LogP contribution is 2.24. The molecule has 29 heavy (non-hydrogen) atoms. The number of ether oxygens (including phenoxy) is 1. The predicted molar refractivity (Wildman–Crippen MR) is 110 cm³/mol. The van der Waals surface area contributed by atoms with Crippen molar-refractivity contribution < 1.29 is 13.9 Å². The van der Waals surface area contributed by atoms with Gasteiger partial charge in [0.15, 0.2) is 5.76 Å². The minimum absolute atomic E-state index is 0.203. The molecule has 2 aromatic carbocycles. The number of furan rings is 1. The maximum atomic E-state index is 13.3. The minimum atomic E-state index is -0.203. The van der Waals surface area contributed by atoms with Crippen LogP contribution in [0.15, 0.2) is 89.6 Å². The Morgan fingerprint density at radius 3 is 2.52 bits per heavy atom. The van der Waals surface area contributed by atoms with Gasteiger partial charge in [-0.15, -0.1) is 0 Å². The highest BCUT2D eigenvalue weighted by Gasteiger charge is 2.21. The van der Waals surface area contributed by atoms with Gasteiger partial charge in [-0.05, 0) is 48.0 Å². The summed E-state index contributed by atoms with van der Waals surface area (Å²) in [5.74, 6) is 1.50. The van der Waals surface area contributed by atoms with Crippen molar-refractivity contribution in [2.45, 2.75) is 13.1 Å². The van der Waals surface area contributed by atoms with E-state index in [4.69, 9.17) is 9.15 Å². The zero-order valence-electron chi connectivity index (χ0n) is 16.1. The second kappa shape index (κ2) is 8.48. The Hall–Kier alpha value is -3.80. The SMILES string of the molecule is COc1ccc(N(Cc2ccccc2)C(=O)c2ccc(Cn3cccn3)o2)cc1. The largest absolute Gasteiger partial charge is 0.497 e. The molecule has 0 fully saturated rings. The zero-order valence-corrected chi connectivity index (χ0v) is 16.1. The van der Waals surface area contributed by atoms with Gasteiger partial charge in [0.05, 0.1) is 20.2 Å². The van der Waals surface area contributed by atoms with E-state index in [1.807, 2.05) is 72.9 Å². The third kappa shape index (κ3) is 4.38. The molecule has 0 aliphatic heterocycles. The van der Waals surface area contributed by atoms with Crippen molar-refractivity contribution in [1.29, 1.82) is 0 Å². The van der Waals surface area contributed by atoms with Crippen LogP contribution in [0.3, 0.4) is 0 Å². The van der Waals surface area contributed by atoms with Crippen molar-refractivity contribution in [2.24, 2.45) is 0 Å². The van der Waals surface area contributed by atoms with Crippen LogP contribution in [0.4, 0.5) is 5.69 Å². The average Bonchev–Trinajstić information content (AvgIpc) is 3.45. The summed E-state index contributed by atoms with van der Waals surface area (Å²) >= 11 is 0. The summed E-state index contributed by atoms with van der Waals surface area (Å²) in [6.45, 7) is 0.905. The lowest BCUT2D eigenvalue weighted by Crippen LogP contribution is -2.30. The summed E-state index contributed by atoms with van der Waals surface area (Å²) in [7, 11) is 1.62. The van der Waals surface area contributed by atoms with Gasteiger partial charge in [0.2, 0.25) is 0 Å². The Balaban J connectivity index is 1.60. The molecule has 146 valence electrons. The van der Waals surface area contributed by atoms with Gasteiger partial charge in [0, 0.05) is 18.1 Å². The van der Waals surface area contributed by atoms with E-state index in [1.54, 1.807) is 29.0 Å². The van der Waals surface area contributed by atoms with Crippen LogP contribution in [-0.2, 0) is 13.1 Å². The molecule has 0 spiro atoms. The molecule has 0 bridgehead atoms. The highest BCUT2D eigenvalue weighted by atomic mass is 16.5. The first-order chi connectivity index (χ1) is 14.2. The topological polar surface area (TPSA) is 60.5 Å². The zero-order chi connectivity index (χ0) is 20.1. The molecule has 2 aromatic heterocycles. The summed E-state index contributed by atoms with van der Waals surface area (Å²) < 4.78 is 12.8. The average molecular weight is 387 g/mol. The van der Waals surface area contributed by atoms with Crippen LogP contribution < -0.4 is 9.64 Å². The number of hydrogen-bond acceptors (Lipinski definition) is 4. The number of rotatable bonds is 7. The molecule has 1 amide bonds. The highest BCUT2D eigenvalue weighted by molar-refractivity contribution is 6.04. The van der Waals surface area contributed by atoms with Crippen molar-refractivity contribution in [3.8, 4) is 5.75 Å². The standard InChI is InChI=1S/C23H21N3O3/c1-28-20-10-8-19(9-11-20)26(16-18-6-3-2-4-7-18)23(27)22-13-12-21(29-22)17-25-15-5-14-24-25/h2-15H,16-17H2,1H3. The van der Waals surface area contributed by atoms with E-state index in [2.05, 4.69) is 5.10 Å². The van der Waals surface area contributed by atoms with Gasteiger partial charge in [0.25, 0.3) is 5.91 Å². The first-order valence-corrected chi connectivity index (χ1v) is 9.29. The van der Waals surface area contributed by atoms with Crippen LogP contribution in [0.5, 0.6) is 5.75 Å². The molecule has 4 rings (SSSR count). The molecule has 0 saturated heterocycles. The lowest BCUT2D eigenvalue weighted by molar-refractivity contribution is 0.0956.